The highest BCUT2D eigenvalue weighted by Gasteiger charge is 2.29. The highest BCUT2D eigenvalue weighted by atomic mass is 32.2. The second-order valence-corrected chi connectivity index (χ2v) is 11.4. The Kier molecular flexibility index (Phi) is 6.73. The van der Waals surface area contributed by atoms with Gasteiger partial charge in [-0.25, -0.2) is 16.8 Å². The lowest BCUT2D eigenvalue weighted by Crippen LogP contribution is -2.51. The molecule has 8 nitrogen and oxygen atoms in total. The predicted octanol–water partition coefficient (Wildman–Crippen LogP) is 2.21. The molecule has 0 atom stereocenters. The predicted molar refractivity (Wildman–Crippen MR) is 120 cm³/mol. The van der Waals surface area contributed by atoms with E-state index >= 15 is 0 Å². The van der Waals surface area contributed by atoms with Crippen LogP contribution in [-0.4, -0.2) is 63.9 Å². The van der Waals surface area contributed by atoms with E-state index in [1.54, 1.807) is 55.1 Å². The fourth-order valence-electron chi connectivity index (χ4n) is 3.48. The number of hydrogen-bond acceptors (Lipinski definition) is 5. The van der Waals surface area contributed by atoms with Crippen LogP contribution in [0.3, 0.4) is 0 Å². The first kappa shape index (κ1) is 23.2. The molecule has 0 unspecified atom stereocenters. The lowest BCUT2D eigenvalue weighted by Gasteiger charge is -2.34. The summed E-state index contributed by atoms with van der Waals surface area (Å²) in [6, 6.07) is 11.6. The van der Waals surface area contributed by atoms with Crippen molar-refractivity contribution in [1.29, 1.82) is 0 Å². The number of nitrogens with zero attached hydrogens (tertiary/aromatic N) is 2. The first-order chi connectivity index (χ1) is 14.5. The number of hydrogen-bond donors (Lipinski definition) is 1. The maximum absolute atomic E-state index is 13.1. The Bertz CT molecular complexity index is 1190. The third-order valence-electron chi connectivity index (χ3n) is 5.32. The molecule has 1 N–H and O–H groups in total. The van der Waals surface area contributed by atoms with Gasteiger partial charge in [0.25, 0.3) is 15.9 Å². The number of carbonyl (C=O) groups excluding carboxylic acids is 1. The summed E-state index contributed by atoms with van der Waals surface area (Å²) in [6.07, 6.45) is 0. The van der Waals surface area contributed by atoms with Crippen LogP contribution < -0.4 is 4.72 Å². The van der Waals surface area contributed by atoms with Gasteiger partial charge in [-0.3, -0.25) is 9.52 Å². The summed E-state index contributed by atoms with van der Waals surface area (Å²) in [4.78, 5) is 14.8. The molecule has 1 aliphatic heterocycles. The molecule has 1 heterocycles. The lowest BCUT2D eigenvalue weighted by atomic mass is 10.1. The van der Waals surface area contributed by atoms with Crippen molar-refractivity contribution in [3.05, 3.63) is 59.2 Å². The summed E-state index contributed by atoms with van der Waals surface area (Å²) in [5.41, 5.74) is 1.84. The van der Waals surface area contributed by atoms with E-state index in [2.05, 4.69) is 4.72 Å². The maximum atomic E-state index is 13.1. The highest BCUT2D eigenvalue weighted by molar-refractivity contribution is 7.92. The fourth-order valence-corrected chi connectivity index (χ4v) is 5.97. The first-order valence-corrected chi connectivity index (χ1v) is 13.1. The van der Waals surface area contributed by atoms with Crippen molar-refractivity contribution >= 4 is 31.6 Å². The third kappa shape index (κ3) is 5.08. The number of rotatable bonds is 6. The van der Waals surface area contributed by atoms with E-state index in [1.165, 1.54) is 4.31 Å². The van der Waals surface area contributed by atoms with Gasteiger partial charge >= 0.3 is 0 Å². The molecule has 2 aromatic rings. The molecule has 3 rings (SSSR count). The standard InChI is InChI=1S/C21H27N3O5S2/c1-4-30(26,27)24-13-11-23(12-14-24)21(25)18-7-5-6-8-19(18)22-31(28,29)20-15-16(2)9-10-17(20)3/h5-10,15,22H,4,11-14H2,1-3H3. The summed E-state index contributed by atoms with van der Waals surface area (Å²) in [5, 5.41) is 0. The van der Waals surface area contributed by atoms with Crippen LogP contribution in [0, 0.1) is 13.8 Å². The van der Waals surface area contributed by atoms with Crippen molar-refractivity contribution in [3.8, 4) is 0 Å². The highest BCUT2D eigenvalue weighted by Crippen LogP contribution is 2.24. The number of benzene rings is 2. The molecule has 1 fully saturated rings. The van der Waals surface area contributed by atoms with Crippen LogP contribution in [0.2, 0.25) is 0 Å². The Morgan fingerprint density at radius 2 is 1.61 bits per heavy atom. The number of para-hydroxylation sites is 1. The van der Waals surface area contributed by atoms with Crippen LogP contribution in [0.5, 0.6) is 0 Å². The topological polar surface area (TPSA) is 104 Å². The zero-order valence-corrected chi connectivity index (χ0v) is 19.5. The van der Waals surface area contributed by atoms with Crippen molar-refractivity contribution in [3.63, 3.8) is 0 Å². The molecule has 10 heteroatoms. The third-order valence-corrected chi connectivity index (χ3v) is 8.71. The van der Waals surface area contributed by atoms with Crippen LogP contribution in [0.15, 0.2) is 47.4 Å². The van der Waals surface area contributed by atoms with Crippen molar-refractivity contribution in [2.45, 2.75) is 25.7 Å². The Hall–Kier alpha value is -2.43. The van der Waals surface area contributed by atoms with Gasteiger partial charge in [0.05, 0.1) is 21.9 Å². The van der Waals surface area contributed by atoms with Gasteiger partial charge in [0.15, 0.2) is 0 Å². The van der Waals surface area contributed by atoms with Gasteiger partial charge in [-0.05, 0) is 50.1 Å². The monoisotopic (exact) mass is 465 g/mol. The fraction of sp³-hybridized carbons (Fsp3) is 0.381. The molecule has 0 aliphatic carbocycles. The van der Waals surface area contributed by atoms with E-state index in [-0.39, 0.29) is 54.0 Å². The number of aryl methyl sites for hydroxylation is 2. The van der Waals surface area contributed by atoms with Crippen LogP contribution in [0.1, 0.15) is 28.4 Å². The van der Waals surface area contributed by atoms with E-state index in [1.807, 2.05) is 13.0 Å². The SMILES string of the molecule is CCS(=O)(=O)N1CCN(C(=O)c2ccccc2NS(=O)(=O)c2cc(C)ccc2C)CC1. The molecule has 168 valence electrons. The molecule has 1 saturated heterocycles. The van der Waals surface area contributed by atoms with Gasteiger partial charge in [-0.2, -0.15) is 4.31 Å². The minimum atomic E-state index is -3.89. The average Bonchev–Trinajstić information content (AvgIpc) is 2.75. The minimum Gasteiger partial charge on any atom is -0.336 e. The Morgan fingerprint density at radius 1 is 0.968 bits per heavy atom. The molecule has 0 radical (unpaired) electrons. The molecular weight excluding hydrogens is 438 g/mol. The zero-order valence-electron chi connectivity index (χ0n) is 17.8. The van der Waals surface area contributed by atoms with Crippen molar-refractivity contribution in [2.75, 3.05) is 36.7 Å². The number of amides is 1. The van der Waals surface area contributed by atoms with Gasteiger partial charge in [0.1, 0.15) is 0 Å². The first-order valence-electron chi connectivity index (χ1n) is 10.0. The van der Waals surface area contributed by atoms with E-state index in [0.29, 0.717) is 5.56 Å². The zero-order chi connectivity index (χ0) is 22.8. The van der Waals surface area contributed by atoms with Gasteiger partial charge in [0.2, 0.25) is 10.0 Å². The van der Waals surface area contributed by atoms with E-state index in [9.17, 15) is 21.6 Å². The largest absolute Gasteiger partial charge is 0.336 e. The molecule has 0 aromatic heterocycles. The summed E-state index contributed by atoms with van der Waals surface area (Å²) in [5.74, 6) is -0.322. The molecule has 1 amide bonds. The Morgan fingerprint density at radius 3 is 2.26 bits per heavy atom. The van der Waals surface area contributed by atoms with Crippen molar-refractivity contribution < 1.29 is 21.6 Å². The van der Waals surface area contributed by atoms with Crippen LogP contribution >= 0.6 is 0 Å². The van der Waals surface area contributed by atoms with Gasteiger partial charge in [-0.15, -0.1) is 0 Å². The second-order valence-electron chi connectivity index (χ2n) is 7.51. The van der Waals surface area contributed by atoms with Crippen LogP contribution in [-0.2, 0) is 20.0 Å². The van der Waals surface area contributed by atoms with E-state index in [0.717, 1.165) is 5.56 Å². The van der Waals surface area contributed by atoms with E-state index in [4.69, 9.17) is 0 Å². The number of piperazine rings is 1. The summed E-state index contributed by atoms with van der Waals surface area (Å²) in [7, 11) is -7.19. The smallest absolute Gasteiger partial charge is 0.262 e. The number of sulfonamides is 2. The van der Waals surface area contributed by atoms with E-state index < -0.39 is 20.0 Å². The minimum absolute atomic E-state index is 0.0178. The maximum Gasteiger partial charge on any atom is 0.262 e. The van der Waals surface area contributed by atoms with Crippen molar-refractivity contribution in [1.82, 2.24) is 9.21 Å². The number of carbonyl (C=O) groups is 1. The van der Waals surface area contributed by atoms with Gasteiger partial charge in [-0.1, -0.05) is 24.3 Å². The lowest BCUT2D eigenvalue weighted by molar-refractivity contribution is 0.0699. The summed E-state index contributed by atoms with van der Waals surface area (Å²) < 4.78 is 54.0. The second kappa shape index (κ2) is 8.97. The normalized spacial score (nSPS) is 15.6. The average molecular weight is 466 g/mol. The molecule has 0 spiro atoms. The quantitative estimate of drug-likeness (QED) is 0.704. The Labute approximate surface area is 184 Å². The van der Waals surface area contributed by atoms with Gasteiger partial charge < -0.3 is 4.90 Å². The van der Waals surface area contributed by atoms with Crippen LogP contribution in [0.25, 0.3) is 0 Å². The van der Waals surface area contributed by atoms with Crippen LogP contribution in [0.4, 0.5) is 5.69 Å². The molecule has 31 heavy (non-hydrogen) atoms. The molecular formula is C21H27N3O5S2. The number of anilines is 1. The van der Waals surface area contributed by atoms with Crippen molar-refractivity contribution in [2.24, 2.45) is 0 Å². The summed E-state index contributed by atoms with van der Waals surface area (Å²) in [6.45, 7) is 6.05. The summed E-state index contributed by atoms with van der Waals surface area (Å²) >= 11 is 0. The molecule has 1 aliphatic rings. The number of nitrogens with one attached hydrogen (secondary N) is 1. The Balaban J connectivity index is 1.83. The molecule has 2 aromatic carbocycles. The van der Waals surface area contributed by atoms with Gasteiger partial charge in [0, 0.05) is 26.2 Å². The molecule has 0 saturated carbocycles. The molecule has 0 bridgehead atoms.